The minimum Gasteiger partial charge on any atom is -0.377 e. The van der Waals surface area contributed by atoms with Gasteiger partial charge in [-0.3, -0.25) is 4.79 Å². The highest BCUT2D eigenvalue weighted by Gasteiger charge is 2.35. The summed E-state index contributed by atoms with van der Waals surface area (Å²) >= 11 is 0. The highest BCUT2D eigenvalue weighted by atomic mass is 16.5. The summed E-state index contributed by atoms with van der Waals surface area (Å²) in [4.78, 5) is 18.3. The molecule has 1 aliphatic rings. The van der Waals surface area contributed by atoms with E-state index in [0.717, 1.165) is 37.6 Å². The SMILES string of the molecule is CCNC(=NCc1ccc(C(=O)N(C)C)cc1)NCC1CCCOC1C(C)(C)C. The smallest absolute Gasteiger partial charge is 0.253 e. The number of guanidine groups is 1. The summed E-state index contributed by atoms with van der Waals surface area (Å²) in [6.07, 6.45) is 2.55. The van der Waals surface area contributed by atoms with Gasteiger partial charge in [0.2, 0.25) is 0 Å². The standard InChI is InChI=1S/C23H38N4O2/c1-7-24-22(26-16-19-9-8-14-29-20(19)23(2,3)4)25-15-17-10-12-18(13-11-17)21(28)27(5)6/h10-13,19-20H,7-9,14-16H2,1-6H3,(H2,24,25,26). The van der Waals surface area contributed by atoms with Crippen LogP contribution in [0.1, 0.15) is 56.5 Å². The van der Waals surface area contributed by atoms with E-state index in [4.69, 9.17) is 9.73 Å². The Morgan fingerprint density at radius 2 is 1.90 bits per heavy atom. The molecule has 1 aromatic rings. The molecule has 6 nitrogen and oxygen atoms in total. The Balaban J connectivity index is 1.98. The molecule has 0 spiro atoms. The van der Waals surface area contributed by atoms with Crippen LogP contribution >= 0.6 is 0 Å². The summed E-state index contributed by atoms with van der Waals surface area (Å²) in [7, 11) is 3.52. The summed E-state index contributed by atoms with van der Waals surface area (Å²) in [5.41, 5.74) is 1.90. The second kappa shape index (κ2) is 10.6. The highest BCUT2D eigenvalue weighted by molar-refractivity contribution is 5.93. The van der Waals surface area contributed by atoms with Crippen LogP contribution < -0.4 is 10.6 Å². The van der Waals surface area contributed by atoms with Crippen LogP contribution in [0.15, 0.2) is 29.3 Å². The number of benzene rings is 1. The molecule has 1 aromatic carbocycles. The minimum absolute atomic E-state index is 0.0122. The fourth-order valence-corrected chi connectivity index (χ4v) is 3.76. The van der Waals surface area contributed by atoms with Crippen molar-refractivity contribution in [3.8, 4) is 0 Å². The fraction of sp³-hybridized carbons (Fsp3) is 0.652. The summed E-state index contributed by atoms with van der Waals surface area (Å²) in [5, 5.41) is 6.83. The second-order valence-electron chi connectivity index (χ2n) is 9.03. The Morgan fingerprint density at radius 1 is 1.21 bits per heavy atom. The summed E-state index contributed by atoms with van der Waals surface area (Å²) in [5.74, 6) is 1.31. The molecule has 0 saturated carbocycles. The number of ether oxygens (including phenoxy) is 1. The van der Waals surface area contributed by atoms with Crippen LogP contribution in [0.2, 0.25) is 0 Å². The van der Waals surface area contributed by atoms with E-state index in [2.05, 4.69) is 38.3 Å². The van der Waals surface area contributed by atoms with Crippen molar-refractivity contribution in [2.45, 2.75) is 53.2 Å². The van der Waals surface area contributed by atoms with Gasteiger partial charge in [-0.15, -0.1) is 0 Å². The molecule has 162 valence electrons. The van der Waals surface area contributed by atoms with Crippen molar-refractivity contribution in [2.24, 2.45) is 16.3 Å². The number of hydrogen-bond acceptors (Lipinski definition) is 3. The molecule has 2 rings (SSSR count). The third kappa shape index (κ3) is 7.03. The van der Waals surface area contributed by atoms with E-state index in [1.165, 1.54) is 6.42 Å². The quantitative estimate of drug-likeness (QED) is 0.566. The molecule has 0 aromatic heterocycles. The molecular formula is C23H38N4O2. The Kier molecular flexibility index (Phi) is 8.50. The average Bonchev–Trinajstić information content (AvgIpc) is 2.69. The first-order chi connectivity index (χ1) is 13.7. The van der Waals surface area contributed by atoms with Crippen molar-refractivity contribution < 1.29 is 9.53 Å². The van der Waals surface area contributed by atoms with E-state index < -0.39 is 0 Å². The molecule has 2 N–H and O–H groups in total. The molecule has 29 heavy (non-hydrogen) atoms. The number of aliphatic imine (C=N–C) groups is 1. The Bertz CT molecular complexity index is 677. The molecule has 1 amide bonds. The van der Waals surface area contributed by atoms with Crippen LogP contribution in [-0.2, 0) is 11.3 Å². The van der Waals surface area contributed by atoms with Gasteiger partial charge in [-0.1, -0.05) is 32.9 Å². The van der Waals surface area contributed by atoms with E-state index in [1.54, 1.807) is 19.0 Å². The molecule has 2 unspecified atom stereocenters. The van der Waals surface area contributed by atoms with Crippen LogP contribution in [0.5, 0.6) is 0 Å². The van der Waals surface area contributed by atoms with Crippen molar-refractivity contribution in [1.29, 1.82) is 0 Å². The summed E-state index contributed by atoms with van der Waals surface area (Å²) < 4.78 is 6.09. The van der Waals surface area contributed by atoms with E-state index in [9.17, 15) is 4.79 Å². The van der Waals surface area contributed by atoms with Crippen molar-refractivity contribution in [2.75, 3.05) is 33.8 Å². The molecule has 1 saturated heterocycles. The lowest BCUT2D eigenvalue weighted by Crippen LogP contribution is -2.47. The Labute approximate surface area is 176 Å². The number of nitrogens with one attached hydrogen (secondary N) is 2. The number of carbonyl (C=O) groups excluding carboxylic acids is 1. The molecule has 2 atom stereocenters. The molecule has 1 aliphatic heterocycles. The van der Waals surface area contributed by atoms with E-state index in [-0.39, 0.29) is 17.4 Å². The van der Waals surface area contributed by atoms with Crippen molar-refractivity contribution in [1.82, 2.24) is 15.5 Å². The average molecular weight is 403 g/mol. The molecule has 0 bridgehead atoms. The maximum absolute atomic E-state index is 12.0. The fourth-order valence-electron chi connectivity index (χ4n) is 3.76. The predicted octanol–water partition coefficient (Wildman–Crippen LogP) is 3.28. The van der Waals surface area contributed by atoms with Crippen molar-refractivity contribution in [3.05, 3.63) is 35.4 Å². The summed E-state index contributed by atoms with van der Waals surface area (Å²) in [6.45, 7) is 11.9. The normalized spacial score (nSPS) is 20.3. The number of amides is 1. The van der Waals surface area contributed by atoms with Crippen LogP contribution in [0, 0.1) is 11.3 Å². The lowest BCUT2D eigenvalue weighted by molar-refractivity contribution is -0.0835. The van der Waals surface area contributed by atoms with Gasteiger partial charge in [0.25, 0.3) is 5.91 Å². The zero-order chi connectivity index (χ0) is 21.4. The molecular weight excluding hydrogens is 364 g/mol. The lowest BCUT2D eigenvalue weighted by Gasteiger charge is -2.40. The van der Waals surface area contributed by atoms with Gasteiger partial charge in [0, 0.05) is 45.3 Å². The molecule has 0 aliphatic carbocycles. The minimum atomic E-state index is 0.0122. The number of rotatable bonds is 6. The number of hydrogen-bond donors (Lipinski definition) is 2. The van der Waals surface area contributed by atoms with Crippen LogP contribution in [-0.4, -0.2) is 56.7 Å². The van der Waals surface area contributed by atoms with Crippen molar-refractivity contribution >= 4 is 11.9 Å². The third-order valence-electron chi connectivity index (χ3n) is 5.20. The van der Waals surface area contributed by atoms with Gasteiger partial charge in [-0.2, -0.15) is 0 Å². The van der Waals surface area contributed by atoms with Gasteiger partial charge >= 0.3 is 0 Å². The van der Waals surface area contributed by atoms with Gasteiger partial charge < -0.3 is 20.3 Å². The van der Waals surface area contributed by atoms with E-state index in [0.29, 0.717) is 18.0 Å². The number of nitrogens with zero attached hydrogens (tertiary/aromatic N) is 2. The summed E-state index contributed by atoms with van der Waals surface area (Å²) in [6, 6.07) is 7.66. The van der Waals surface area contributed by atoms with Crippen LogP contribution in [0.25, 0.3) is 0 Å². The monoisotopic (exact) mass is 402 g/mol. The topological polar surface area (TPSA) is 66.0 Å². The highest BCUT2D eigenvalue weighted by Crippen LogP contribution is 2.33. The largest absolute Gasteiger partial charge is 0.377 e. The maximum atomic E-state index is 12.0. The van der Waals surface area contributed by atoms with E-state index in [1.807, 2.05) is 24.3 Å². The van der Waals surface area contributed by atoms with Gasteiger partial charge in [0.15, 0.2) is 5.96 Å². The zero-order valence-corrected chi connectivity index (χ0v) is 18.9. The first kappa shape index (κ1) is 23.2. The second-order valence-corrected chi connectivity index (χ2v) is 9.03. The van der Waals surface area contributed by atoms with Gasteiger partial charge in [-0.05, 0) is 42.9 Å². The maximum Gasteiger partial charge on any atom is 0.253 e. The molecule has 0 radical (unpaired) electrons. The third-order valence-corrected chi connectivity index (χ3v) is 5.20. The van der Waals surface area contributed by atoms with Gasteiger partial charge in [-0.25, -0.2) is 4.99 Å². The van der Waals surface area contributed by atoms with Gasteiger partial charge in [0.1, 0.15) is 0 Å². The number of carbonyl (C=O) groups is 1. The first-order valence-corrected chi connectivity index (χ1v) is 10.7. The van der Waals surface area contributed by atoms with Crippen LogP contribution in [0.4, 0.5) is 0 Å². The molecule has 1 fully saturated rings. The molecule has 6 heteroatoms. The Hall–Kier alpha value is -2.08. The van der Waals surface area contributed by atoms with Crippen molar-refractivity contribution in [3.63, 3.8) is 0 Å². The molecule has 1 heterocycles. The predicted molar refractivity (Wildman–Crippen MR) is 119 cm³/mol. The van der Waals surface area contributed by atoms with Crippen LogP contribution in [0.3, 0.4) is 0 Å². The van der Waals surface area contributed by atoms with E-state index >= 15 is 0 Å². The first-order valence-electron chi connectivity index (χ1n) is 10.7. The lowest BCUT2D eigenvalue weighted by atomic mass is 9.78. The zero-order valence-electron chi connectivity index (χ0n) is 18.9. The van der Waals surface area contributed by atoms with Gasteiger partial charge in [0.05, 0.1) is 12.6 Å². The Morgan fingerprint density at radius 3 is 2.48 bits per heavy atom.